The van der Waals surface area contributed by atoms with E-state index in [-0.39, 0.29) is 17.5 Å². The minimum atomic E-state index is -0.0727. The van der Waals surface area contributed by atoms with Gasteiger partial charge in [-0.15, -0.1) is 0 Å². The molecule has 0 aromatic rings. The van der Waals surface area contributed by atoms with Crippen LogP contribution < -0.4 is 0 Å². The van der Waals surface area contributed by atoms with E-state index in [4.69, 9.17) is 4.74 Å². The molecule has 0 amide bonds. The monoisotopic (exact) mass is 388 g/mol. The van der Waals surface area contributed by atoms with E-state index >= 15 is 0 Å². The van der Waals surface area contributed by atoms with Crippen LogP contribution in [0.15, 0.2) is 12.2 Å². The summed E-state index contributed by atoms with van der Waals surface area (Å²) in [5.41, 5.74) is 0.669. The average molecular weight is 389 g/mol. The molecule has 28 heavy (non-hydrogen) atoms. The summed E-state index contributed by atoms with van der Waals surface area (Å²) < 4.78 is 4.86. The van der Waals surface area contributed by atoms with Crippen molar-refractivity contribution in [2.24, 2.45) is 46.3 Å². The van der Waals surface area contributed by atoms with E-state index in [9.17, 15) is 9.90 Å². The lowest BCUT2D eigenvalue weighted by Crippen LogP contribution is -2.52. The van der Waals surface area contributed by atoms with Crippen molar-refractivity contribution in [3.63, 3.8) is 0 Å². The van der Waals surface area contributed by atoms with E-state index < -0.39 is 0 Å². The first-order valence-electron chi connectivity index (χ1n) is 11.7. The van der Waals surface area contributed by atoms with Gasteiger partial charge in [-0.2, -0.15) is 0 Å². The van der Waals surface area contributed by atoms with Crippen LogP contribution in [0.5, 0.6) is 0 Å². The molecule has 0 aromatic heterocycles. The summed E-state index contributed by atoms with van der Waals surface area (Å²) in [5, 5.41) is 10.2. The van der Waals surface area contributed by atoms with Crippen LogP contribution in [0.2, 0.25) is 0 Å². The van der Waals surface area contributed by atoms with Gasteiger partial charge in [0.15, 0.2) is 0 Å². The number of carbonyl (C=O) groups is 1. The fraction of sp³-hybridized carbons (Fsp3) is 0.880. The van der Waals surface area contributed by atoms with Gasteiger partial charge in [-0.1, -0.05) is 32.9 Å². The number of aliphatic hydroxyl groups is 1. The lowest BCUT2D eigenvalue weighted by molar-refractivity contribution is -0.141. The van der Waals surface area contributed by atoms with Crippen molar-refractivity contribution in [2.45, 2.75) is 84.7 Å². The fourth-order valence-electron chi connectivity index (χ4n) is 8.20. The minimum Gasteiger partial charge on any atom is -0.469 e. The Balaban J connectivity index is 1.53. The Kier molecular flexibility index (Phi) is 5.44. The topological polar surface area (TPSA) is 46.5 Å². The van der Waals surface area contributed by atoms with Crippen LogP contribution in [0.1, 0.15) is 78.6 Å². The quantitative estimate of drug-likeness (QED) is 0.520. The number of carbonyl (C=O) groups excluding carboxylic acids is 1. The SMILES string of the molecule is COC(=O)CC[C@H](C)[C@H]1CC[C@H]2[C@@H]3CC[C@H]4C[C@@H](O)CC[C@]4(C)[C@H]3C=C[C@]12C. The number of fused-ring (bicyclic) bond motifs is 5. The Labute approximate surface area is 171 Å². The molecule has 1 N–H and O–H groups in total. The maximum atomic E-state index is 11.6. The number of hydrogen-bond donors (Lipinski definition) is 1. The van der Waals surface area contributed by atoms with Gasteiger partial charge in [0.25, 0.3) is 0 Å². The summed E-state index contributed by atoms with van der Waals surface area (Å²) >= 11 is 0. The Morgan fingerprint density at radius 1 is 1.21 bits per heavy atom. The van der Waals surface area contributed by atoms with Crippen LogP contribution >= 0.6 is 0 Å². The molecule has 9 atom stereocenters. The van der Waals surface area contributed by atoms with E-state index in [0.717, 1.165) is 31.1 Å². The predicted octanol–water partition coefficient (Wildman–Crippen LogP) is 5.37. The van der Waals surface area contributed by atoms with Crippen molar-refractivity contribution in [3.05, 3.63) is 12.2 Å². The van der Waals surface area contributed by atoms with Crippen LogP contribution in [0.4, 0.5) is 0 Å². The standard InChI is InChI=1S/C25H40O3/c1-16(5-10-23(27)28-4)20-8-9-21-19-7-6-17-15-18(26)11-13-24(17,2)22(19)12-14-25(20,21)3/h12,14,16-22,26H,5-11,13,15H2,1-4H3/t16-,17-,18-,19-,20+,21-,22-,24-,25+/m0/s1. The molecule has 0 aliphatic heterocycles. The fourth-order valence-corrected chi connectivity index (χ4v) is 8.20. The molecule has 3 fully saturated rings. The molecule has 4 aliphatic rings. The normalized spacial score (nSPS) is 48.3. The number of hydrogen-bond acceptors (Lipinski definition) is 3. The minimum absolute atomic E-state index is 0.0704. The molecule has 0 aromatic carbocycles. The molecule has 3 nitrogen and oxygen atoms in total. The first-order chi connectivity index (χ1) is 13.3. The van der Waals surface area contributed by atoms with Gasteiger partial charge >= 0.3 is 5.97 Å². The van der Waals surface area contributed by atoms with Gasteiger partial charge in [-0.3, -0.25) is 4.79 Å². The molecule has 0 heterocycles. The van der Waals surface area contributed by atoms with Crippen LogP contribution in [0, 0.1) is 46.3 Å². The number of aliphatic hydroxyl groups excluding tert-OH is 1. The molecule has 3 saturated carbocycles. The summed E-state index contributed by atoms with van der Waals surface area (Å²) in [6.45, 7) is 7.39. The van der Waals surface area contributed by atoms with Gasteiger partial charge in [0.1, 0.15) is 0 Å². The van der Waals surface area contributed by atoms with Crippen LogP contribution in [-0.4, -0.2) is 24.3 Å². The Morgan fingerprint density at radius 3 is 2.75 bits per heavy atom. The summed E-state index contributed by atoms with van der Waals surface area (Å²) in [6, 6.07) is 0. The maximum Gasteiger partial charge on any atom is 0.305 e. The maximum absolute atomic E-state index is 11.6. The van der Waals surface area contributed by atoms with Gasteiger partial charge in [-0.25, -0.2) is 0 Å². The van der Waals surface area contributed by atoms with Crippen LogP contribution in [-0.2, 0) is 9.53 Å². The zero-order valence-corrected chi connectivity index (χ0v) is 18.3. The molecular formula is C25H40O3. The average Bonchev–Trinajstić information content (AvgIpc) is 3.03. The molecular weight excluding hydrogens is 348 g/mol. The van der Waals surface area contributed by atoms with Crippen molar-refractivity contribution in [2.75, 3.05) is 7.11 Å². The van der Waals surface area contributed by atoms with Crippen LogP contribution in [0.25, 0.3) is 0 Å². The highest BCUT2D eigenvalue weighted by atomic mass is 16.5. The van der Waals surface area contributed by atoms with E-state index in [1.165, 1.54) is 39.2 Å². The number of ether oxygens (including phenoxy) is 1. The van der Waals surface area contributed by atoms with Gasteiger partial charge in [0.2, 0.25) is 0 Å². The molecule has 158 valence electrons. The third kappa shape index (κ3) is 3.16. The van der Waals surface area contributed by atoms with Crippen molar-refractivity contribution in [1.82, 2.24) is 0 Å². The smallest absolute Gasteiger partial charge is 0.305 e. The largest absolute Gasteiger partial charge is 0.469 e. The molecule has 4 aliphatic carbocycles. The zero-order chi connectivity index (χ0) is 20.1. The highest BCUT2D eigenvalue weighted by Crippen LogP contribution is 2.66. The molecule has 0 radical (unpaired) electrons. The second-order valence-corrected chi connectivity index (χ2v) is 11.0. The van der Waals surface area contributed by atoms with E-state index in [1.807, 2.05) is 0 Å². The lowest BCUT2D eigenvalue weighted by atomic mass is 9.46. The number of rotatable bonds is 4. The highest BCUT2D eigenvalue weighted by Gasteiger charge is 2.58. The number of esters is 1. The van der Waals surface area contributed by atoms with E-state index in [1.54, 1.807) is 0 Å². The second kappa shape index (κ2) is 7.45. The summed E-state index contributed by atoms with van der Waals surface area (Å²) in [7, 11) is 1.49. The molecule has 4 rings (SSSR count). The van der Waals surface area contributed by atoms with Crippen molar-refractivity contribution in [3.8, 4) is 0 Å². The van der Waals surface area contributed by atoms with Crippen molar-refractivity contribution in [1.29, 1.82) is 0 Å². The lowest BCUT2D eigenvalue weighted by Gasteiger charge is -2.58. The number of methoxy groups -OCH3 is 1. The first kappa shape index (κ1) is 20.4. The summed E-state index contributed by atoms with van der Waals surface area (Å²) in [5.74, 6) is 4.16. The predicted molar refractivity (Wildman–Crippen MR) is 112 cm³/mol. The van der Waals surface area contributed by atoms with Crippen molar-refractivity contribution >= 4 is 5.97 Å². The van der Waals surface area contributed by atoms with Gasteiger partial charge in [-0.05, 0) is 97.7 Å². The third-order valence-electron chi connectivity index (χ3n) is 9.86. The Hall–Kier alpha value is -0.830. The summed E-state index contributed by atoms with van der Waals surface area (Å²) in [6.07, 6.45) is 15.1. The highest BCUT2D eigenvalue weighted by molar-refractivity contribution is 5.69. The Morgan fingerprint density at radius 2 is 2.00 bits per heavy atom. The second-order valence-electron chi connectivity index (χ2n) is 11.0. The molecule has 0 bridgehead atoms. The molecule has 3 heteroatoms. The third-order valence-corrected chi connectivity index (χ3v) is 9.86. The Bertz CT molecular complexity index is 627. The summed E-state index contributed by atoms with van der Waals surface area (Å²) in [4.78, 5) is 11.6. The molecule has 0 spiro atoms. The van der Waals surface area contributed by atoms with Gasteiger partial charge in [0.05, 0.1) is 13.2 Å². The van der Waals surface area contributed by atoms with Gasteiger partial charge in [0, 0.05) is 6.42 Å². The molecule has 0 saturated heterocycles. The van der Waals surface area contributed by atoms with E-state index in [2.05, 4.69) is 32.9 Å². The van der Waals surface area contributed by atoms with Crippen molar-refractivity contribution < 1.29 is 14.6 Å². The van der Waals surface area contributed by atoms with Crippen LogP contribution in [0.3, 0.4) is 0 Å². The number of allylic oxidation sites excluding steroid dienone is 2. The first-order valence-corrected chi connectivity index (χ1v) is 11.7. The van der Waals surface area contributed by atoms with E-state index in [0.29, 0.717) is 35.5 Å². The molecule has 0 unspecified atom stereocenters. The zero-order valence-electron chi connectivity index (χ0n) is 18.3. The van der Waals surface area contributed by atoms with Gasteiger partial charge < -0.3 is 9.84 Å².